The third kappa shape index (κ3) is 2.88. The average molecular weight is 237 g/mol. The van der Waals surface area contributed by atoms with E-state index in [1.807, 2.05) is 25.1 Å². The molecule has 1 aliphatic rings. The first-order chi connectivity index (χ1) is 8.16. The summed E-state index contributed by atoms with van der Waals surface area (Å²) in [5, 5.41) is 11.5. The van der Waals surface area contributed by atoms with Gasteiger partial charge in [-0.1, -0.05) is 6.07 Å². The molecule has 0 amide bonds. The predicted octanol–water partition coefficient (Wildman–Crippen LogP) is 1.19. The van der Waals surface area contributed by atoms with Crippen LogP contribution in [0.15, 0.2) is 18.2 Å². The third-order valence-electron chi connectivity index (χ3n) is 2.63. The molecule has 0 aliphatic carbocycles. The first-order valence-electron chi connectivity index (χ1n) is 5.51. The molecule has 0 fully saturated rings. The molecule has 0 aromatic heterocycles. The van der Waals surface area contributed by atoms with Crippen LogP contribution in [-0.4, -0.2) is 30.8 Å². The molecule has 1 heterocycles. The second kappa shape index (κ2) is 5.05. The number of ether oxygens (including phenoxy) is 2. The SMILES string of the molecule is CC(NCC(=O)O)c1ccc2c(c1)OCCO2. The Kier molecular flexibility index (Phi) is 3.49. The average Bonchev–Trinajstić information content (AvgIpc) is 2.35. The highest BCUT2D eigenvalue weighted by Crippen LogP contribution is 2.32. The van der Waals surface area contributed by atoms with Gasteiger partial charge in [0.1, 0.15) is 13.2 Å². The molecule has 1 unspecified atom stereocenters. The number of nitrogens with one attached hydrogen (secondary N) is 1. The van der Waals surface area contributed by atoms with Gasteiger partial charge in [0.2, 0.25) is 0 Å². The van der Waals surface area contributed by atoms with Crippen molar-refractivity contribution in [1.29, 1.82) is 0 Å². The summed E-state index contributed by atoms with van der Waals surface area (Å²) in [5.41, 5.74) is 0.982. The van der Waals surface area contributed by atoms with Crippen LogP contribution in [0, 0.1) is 0 Å². The van der Waals surface area contributed by atoms with Crippen LogP contribution in [0.2, 0.25) is 0 Å². The lowest BCUT2D eigenvalue weighted by atomic mass is 10.1. The van der Waals surface area contributed by atoms with Crippen LogP contribution in [-0.2, 0) is 4.79 Å². The van der Waals surface area contributed by atoms with E-state index in [9.17, 15) is 4.79 Å². The van der Waals surface area contributed by atoms with Crippen LogP contribution in [0.4, 0.5) is 0 Å². The fraction of sp³-hybridized carbons (Fsp3) is 0.417. The molecule has 5 nitrogen and oxygen atoms in total. The van der Waals surface area contributed by atoms with Crippen molar-refractivity contribution in [1.82, 2.24) is 5.32 Å². The summed E-state index contributed by atoms with van der Waals surface area (Å²) >= 11 is 0. The second-order valence-corrected chi connectivity index (χ2v) is 3.90. The van der Waals surface area contributed by atoms with Gasteiger partial charge in [-0.05, 0) is 24.6 Å². The zero-order valence-corrected chi connectivity index (χ0v) is 9.60. The highest BCUT2D eigenvalue weighted by atomic mass is 16.6. The maximum absolute atomic E-state index is 10.5. The van der Waals surface area contributed by atoms with Crippen molar-refractivity contribution in [2.24, 2.45) is 0 Å². The van der Waals surface area contributed by atoms with Crippen molar-refractivity contribution < 1.29 is 19.4 Å². The minimum absolute atomic E-state index is 0.0399. The highest BCUT2D eigenvalue weighted by molar-refractivity contribution is 5.69. The molecule has 2 N–H and O–H groups in total. The number of aliphatic carboxylic acids is 1. The molecule has 17 heavy (non-hydrogen) atoms. The Balaban J connectivity index is 2.08. The molecule has 2 rings (SSSR count). The summed E-state index contributed by atoms with van der Waals surface area (Å²) < 4.78 is 10.9. The zero-order valence-electron chi connectivity index (χ0n) is 9.60. The largest absolute Gasteiger partial charge is 0.486 e. The van der Waals surface area contributed by atoms with Gasteiger partial charge in [0, 0.05) is 6.04 Å². The van der Waals surface area contributed by atoms with Gasteiger partial charge in [-0.15, -0.1) is 0 Å². The Morgan fingerprint density at radius 1 is 1.41 bits per heavy atom. The van der Waals surface area contributed by atoms with E-state index in [4.69, 9.17) is 14.6 Å². The number of rotatable bonds is 4. The van der Waals surface area contributed by atoms with E-state index in [1.54, 1.807) is 0 Å². The van der Waals surface area contributed by atoms with Gasteiger partial charge in [-0.2, -0.15) is 0 Å². The normalized spacial score (nSPS) is 15.4. The topological polar surface area (TPSA) is 67.8 Å². The van der Waals surface area contributed by atoms with E-state index < -0.39 is 5.97 Å². The van der Waals surface area contributed by atoms with E-state index in [0.29, 0.717) is 13.2 Å². The molecule has 0 bridgehead atoms. The predicted molar refractivity (Wildman–Crippen MR) is 61.5 cm³/mol. The lowest BCUT2D eigenvalue weighted by Crippen LogP contribution is -2.25. The van der Waals surface area contributed by atoms with Gasteiger partial charge in [0.15, 0.2) is 11.5 Å². The van der Waals surface area contributed by atoms with Crippen LogP contribution in [0.1, 0.15) is 18.5 Å². The maximum atomic E-state index is 10.5. The first kappa shape index (κ1) is 11.7. The Morgan fingerprint density at radius 3 is 2.82 bits per heavy atom. The van der Waals surface area contributed by atoms with E-state index >= 15 is 0 Å². The van der Waals surface area contributed by atoms with E-state index in [-0.39, 0.29) is 12.6 Å². The van der Waals surface area contributed by atoms with Gasteiger partial charge >= 0.3 is 5.97 Å². The number of carbonyl (C=O) groups is 1. The number of benzene rings is 1. The Bertz CT molecular complexity index is 419. The number of hydrogen-bond acceptors (Lipinski definition) is 4. The smallest absolute Gasteiger partial charge is 0.317 e. The lowest BCUT2D eigenvalue weighted by Gasteiger charge is -2.20. The fourth-order valence-corrected chi connectivity index (χ4v) is 1.69. The number of carboxylic acid groups (broad SMARTS) is 1. The van der Waals surface area contributed by atoms with E-state index in [1.165, 1.54) is 0 Å². The lowest BCUT2D eigenvalue weighted by molar-refractivity contribution is -0.136. The summed E-state index contributed by atoms with van der Waals surface area (Å²) in [6.45, 7) is 2.97. The van der Waals surface area contributed by atoms with Gasteiger partial charge in [0.05, 0.1) is 6.54 Å². The van der Waals surface area contributed by atoms with Crippen molar-refractivity contribution in [3.8, 4) is 11.5 Å². The molecule has 1 aromatic carbocycles. The number of carboxylic acids is 1. The molecular weight excluding hydrogens is 222 g/mol. The van der Waals surface area contributed by atoms with Crippen LogP contribution in [0.5, 0.6) is 11.5 Å². The molecule has 0 spiro atoms. The van der Waals surface area contributed by atoms with Crippen molar-refractivity contribution in [2.45, 2.75) is 13.0 Å². The van der Waals surface area contributed by atoms with Gasteiger partial charge < -0.3 is 19.9 Å². The minimum Gasteiger partial charge on any atom is -0.486 e. The third-order valence-corrected chi connectivity index (χ3v) is 2.63. The van der Waals surface area contributed by atoms with Crippen molar-refractivity contribution >= 4 is 5.97 Å². The molecule has 1 aromatic rings. The summed E-state index contributed by atoms with van der Waals surface area (Å²) in [4.78, 5) is 10.5. The molecule has 92 valence electrons. The summed E-state index contributed by atoms with van der Waals surface area (Å²) in [6, 6.07) is 5.60. The molecule has 1 aliphatic heterocycles. The van der Waals surface area contributed by atoms with Crippen molar-refractivity contribution in [3.05, 3.63) is 23.8 Å². The minimum atomic E-state index is -0.866. The van der Waals surface area contributed by atoms with E-state index in [2.05, 4.69) is 5.32 Å². The molecule has 0 saturated heterocycles. The van der Waals surface area contributed by atoms with E-state index in [0.717, 1.165) is 17.1 Å². The van der Waals surface area contributed by atoms with Crippen LogP contribution >= 0.6 is 0 Å². The number of fused-ring (bicyclic) bond motifs is 1. The fourth-order valence-electron chi connectivity index (χ4n) is 1.69. The molecule has 0 radical (unpaired) electrons. The highest BCUT2D eigenvalue weighted by Gasteiger charge is 2.14. The summed E-state index contributed by atoms with van der Waals surface area (Å²) in [6.07, 6.45) is 0. The molecular formula is C12H15NO4. The van der Waals surface area contributed by atoms with Crippen molar-refractivity contribution in [2.75, 3.05) is 19.8 Å². The molecule has 1 atom stereocenters. The summed E-state index contributed by atoms with van der Waals surface area (Å²) in [5.74, 6) is 0.595. The van der Waals surface area contributed by atoms with Crippen LogP contribution in [0.3, 0.4) is 0 Å². The zero-order chi connectivity index (χ0) is 12.3. The molecule has 0 saturated carbocycles. The second-order valence-electron chi connectivity index (χ2n) is 3.90. The van der Waals surface area contributed by atoms with Gasteiger partial charge in [-0.25, -0.2) is 0 Å². The number of hydrogen-bond donors (Lipinski definition) is 2. The quantitative estimate of drug-likeness (QED) is 0.823. The standard InChI is InChI=1S/C12H15NO4/c1-8(13-7-12(14)15)9-2-3-10-11(6-9)17-5-4-16-10/h2-3,6,8,13H,4-5,7H2,1H3,(H,14,15). The van der Waals surface area contributed by atoms with Gasteiger partial charge in [0.25, 0.3) is 0 Å². The first-order valence-corrected chi connectivity index (χ1v) is 5.51. The maximum Gasteiger partial charge on any atom is 0.317 e. The van der Waals surface area contributed by atoms with Gasteiger partial charge in [-0.3, -0.25) is 4.79 Å². The summed E-state index contributed by atoms with van der Waals surface area (Å²) in [7, 11) is 0. The monoisotopic (exact) mass is 237 g/mol. The van der Waals surface area contributed by atoms with Crippen LogP contribution in [0.25, 0.3) is 0 Å². The Hall–Kier alpha value is -1.75. The Morgan fingerprint density at radius 2 is 2.12 bits per heavy atom. The Labute approximate surface area is 99.3 Å². The van der Waals surface area contributed by atoms with Crippen LogP contribution < -0.4 is 14.8 Å². The molecule has 5 heteroatoms. The van der Waals surface area contributed by atoms with Crippen molar-refractivity contribution in [3.63, 3.8) is 0 Å².